The molecule has 2 aromatic carbocycles. The molecule has 1 aliphatic heterocycles. The Bertz CT molecular complexity index is 639. The topological polar surface area (TPSA) is 44.5 Å². The van der Waals surface area contributed by atoms with Crippen LogP contribution in [0.4, 0.5) is 0 Å². The summed E-state index contributed by atoms with van der Waals surface area (Å²) in [5.41, 5.74) is 9.76. The Labute approximate surface area is 125 Å². The summed E-state index contributed by atoms with van der Waals surface area (Å²) in [6.45, 7) is 4.72. The van der Waals surface area contributed by atoms with Crippen molar-refractivity contribution in [2.45, 2.75) is 32.4 Å². The summed E-state index contributed by atoms with van der Waals surface area (Å²) in [5.74, 6) is 1.77. The fourth-order valence-corrected chi connectivity index (χ4v) is 2.80. The Morgan fingerprint density at radius 2 is 2.10 bits per heavy atom. The molecule has 0 aliphatic carbocycles. The molecule has 2 N–H and O–H groups in total. The molecule has 2 aromatic rings. The van der Waals surface area contributed by atoms with Crippen LogP contribution in [0, 0.1) is 6.92 Å². The lowest BCUT2D eigenvalue weighted by molar-refractivity contribution is 0.161. The van der Waals surface area contributed by atoms with Crippen LogP contribution in [0.1, 0.15) is 42.2 Å². The zero-order valence-corrected chi connectivity index (χ0v) is 12.5. The normalized spacial score (nSPS) is 20.5. The van der Waals surface area contributed by atoms with E-state index in [9.17, 15) is 0 Å². The first-order chi connectivity index (χ1) is 10.2. The van der Waals surface area contributed by atoms with Gasteiger partial charge in [0.05, 0.1) is 6.61 Å². The standard InChI is InChI=1S/C18H21NO2/c1-3-20-14-6-4-5-13(10-14)18-11-16(19)15-9-12(2)7-8-17(15)21-18/h4-10,16,18H,3,11,19H2,1-2H3/t16-,18?/m1/s1. The molecule has 3 nitrogen and oxygen atoms in total. The third-order valence-corrected chi connectivity index (χ3v) is 3.84. The average Bonchev–Trinajstić information content (AvgIpc) is 2.48. The molecule has 21 heavy (non-hydrogen) atoms. The number of rotatable bonds is 3. The van der Waals surface area contributed by atoms with Crippen LogP contribution in [0.25, 0.3) is 0 Å². The first-order valence-electron chi connectivity index (χ1n) is 7.43. The zero-order valence-electron chi connectivity index (χ0n) is 12.5. The van der Waals surface area contributed by atoms with E-state index in [-0.39, 0.29) is 12.1 Å². The minimum absolute atomic E-state index is 0.00870. The largest absolute Gasteiger partial charge is 0.494 e. The van der Waals surface area contributed by atoms with Gasteiger partial charge in [-0.15, -0.1) is 0 Å². The molecule has 0 spiro atoms. The van der Waals surface area contributed by atoms with Crippen molar-refractivity contribution in [1.82, 2.24) is 0 Å². The lowest BCUT2D eigenvalue weighted by atomic mass is 9.92. The molecule has 0 bridgehead atoms. The summed E-state index contributed by atoms with van der Waals surface area (Å²) in [6.07, 6.45) is 0.766. The maximum absolute atomic E-state index is 6.33. The number of nitrogens with two attached hydrogens (primary N) is 1. The minimum atomic E-state index is -0.0180. The van der Waals surface area contributed by atoms with E-state index >= 15 is 0 Å². The van der Waals surface area contributed by atoms with Crippen LogP contribution in [0.2, 0.25) is 0 Å². The van der Waals surface area contributed by atoms with Gasteiger partial charge in [0, 0.05) is 18.0 Å². The van der Waals surface area contributed by atoms with Gasteiger partial charge in [0.15, 0.2) is 0 Å². The fourth-order valence-electron chi connectivity index (χ4n) is 2.80. The highest BCUT2D eigenvalue weighted by atomic mass is 16.5. The van der Waals surface area contributed by atoms with Crippen LogP contribution in [-0.2, 0) is 0 Å². The number of hydrogen-bond acceptors (Lipinski definition) is 3. The molecule has 1 aliphatic rings. The smallest absolute Gasteiger partial charge is 0.126 e. The molecular weight excluding hydrogens is 262 g/mol. The molecule has 0 saturated carbocycles. The Morgan fingerprint density at radius 1 is 1.24 bits per heavy atom. The Morgan fingerprint density at radius 3 is 2.90 bits per heavy atom. The van der Waals surface area contributed by atoms with Crippen molar-refractivity contribution in [3.8, 4) is 11.5 Å². The summed E-state index contributed by atoms with van der Waals surface area (Å²) >= 11 is 0. The van der Waals surface area contributed by atoms with Gasteiger partial charge in [-0.25, -0.2) is 0 Å². The molecule has 0 radical (unpaired) electrons. The molecule has 3 heteroatoms. The second-order valence-electron chi connectivity index (χ2n) is 5.50. The molecular formula is C18H21NO2. The Balaban J connectivity index is 1.88. The van der Waals surface area contributed by atoms with E-state index in [1.807, 2.05) is 31.2 Å². The summed E-state index contributed by atoms with van der Waals surface area (Å²) in [6, 6.07) is 14.3. The van der Waals surface area contributed by atoms with Gasteiger partial charge in [-0.2, -0.15) is 0 Å². The summed E-state index contributed by atoms with van der Waals surface area (Å²) < 4.78 is 11.7. The van der Waals surface area contributed by atoms with Crippen LogP contribution in [0.5, 0.6) is 11.5 Å². The quantitative estimate of drug-likeness (QED) is 0.928. The zero-order chi connectivity index (χ0) is 14.8. The van der Waals surface area contributed by atoms with E-state index in [4.69, 9.17) is 15.2 Å². The maximum atomic E-state index is 6.33. The average molecular weight is 283 g/mol. The van der Waals surface area contributed by atoms with Crippen LogP contribution < -0.4 is 15.2 Å². The number of ether oxygens (including phenoxy) is 2. The Hall–Kier alpha value is -2.00. The predicted octanol–water partition coefficient (Wildman–Crippen LogP) is 3.92. The fraction of sp³-hybridized carbons (Fsp3) is 0.333. The molecule has 0 aromatic heterocycles. The van der Waals surface area contributed by atoms with E-state index < -0.39 is 0 Å². The van der Waals surface area contributed by atoms with Gasteiger partial charge in [-0.05, 0) is 37.6 Å². The van der Waals surface area contributed by atoms with Crippen molar-refractivity contribution in [2.24, 2.45) is 5.73 Å². The summed E-state index contributed by atoms with van der Waals surface area (Å²) in [5, 5.41) is 0. The van der Waals surface area contributed by atoms with Gasteiger partial charge in [0.25, 0.3) is 0 Å². The van der Waals surface area contributed by atoms with Crippen molar-refractivity contribution in [1.29, 1.82) is 0 Å². The van der Waals surface area contributed by atoms with Crippen LogP contribution in [-0.4, -0.2) is 6.61 Å². The van der Waals surface area contributed by atoms with Crippen molar-refractivity contribution in [3.05, 3.63) is 59.2 Å². The highest BCUT2D eigenvalue weighted by molar-refractivity contribution is 5.42. The minimum Gasteiger partial charge on any atom is -0.494 e. The molecule has 1 unspecified atom stereocenters. The molecule has 3 rings (SSSR count). The molecule has 2 atom stereocenters. The number of fused-ring (bicyclic) bond motifs is 1. The van der Waals surface area contributed by atoms with Gasteiger partial charge >= 0.3 is 0 Å². The van der Waals surface area contributed by atoms with Crippen LogP contribution >= 0.6 is 0 Å². The van der Waals surface area contributed by atoms with Crippen LogP contribution in [0.3, 0.4) is 0 Å². The van der Waals surface area contributed by atoms with Crippen molar-refractivity contribution >= 4 is 0 Å². The lowest BCUT2D eigenvalue weighted by Gasteiger charge is -2.31. The first-order valence-corrected chi connectivity index (χ1v) is 7.43. The van der Waals surface area contributed by atoms with E-state index in [0.717, 1.165) is 29.0 Å². The molecule has 0 fully saturated rings. The molecule has 0 amide bonds. The predicted molar refractivity (Wildman–Crippen MR) is 83.7 cm³/mol. The second-order valence-corrected chi connectivity index (χ2v) is 5.50. The SMILES string of the molecule is CCOc1cccc(C2C[C@@H](N)c3cc(C)ccc3O2)c1. The molecule has 110 valence electrons. The molecule has 1 heterocycles. The van der Waals surface area contributed by atoms with Gasteiger partial charge in [-0.3, -0.25) is 0 Å². The number of benzene rings is 2. The highest BCUT2D eigenvalue weighted by Gasteiger charge is 2.27. The number of aryl methyl sites for hydroxylation is 1. The monoisotopic (exact) mass is 283 g/mol. The Kier molecular flexibility index (Phi) is 3.84. The van der Waals surface area contributed by atoms with E-state index in [2.05, 4.69) is 25.1 Å². The van der Waals surface area contributed by atoms with Crippen LogP contribution in [0.15, 0.2) is 42.5 Å². The summed E-state index contributed by atoms with van der Waals surface area (Å²) in [7, 11) is 0. The van der Waals surface area contributed by atoms with Crippen molar-refractivity contribution < 1.29 is 9.47 Å². The van der Waals surface area contributed by atoms with E-state index in [0.29, 0.717) is 6.61 Å². The van der Waals surface area contributed by atoms with E-state index in [1.54, 1.807) is 0 Å². The van der Waals surface area contributed by atoms with Gasteiger partial charge in [-0.1, -0.05) is 29.8 Å². The van der Waals surface area contributed by atoms with Gasteiger partial charge < -0.3 is 15.2 Å². The third-order valence-electron chi connectivity index (χ3n) is 3.84. The van der Waals surface area contributed by atoms with Crippen molar-refractivity contribution in [2.75, 3.05) is 6.61 Å². The second kappa shape index (κ2) is 5.78. The first kappa shape index (κ1) is 14.0. The van der Waals surface area contributed by atoms with Crippen molar-refractivity contribution in [3.63, 3.8) is 0 Å². The lowest BCUT2D eigenvalue weighted by Crippen LogP contribution is -2.24. The molecule has 0 saturated heterocycles. The number of hydrogen-bond donors (Lipinski definition) is 1. The van der Waals surface area contributed by atoms with E-state index in [1.165, 1.54) is 5.56 Å². The highest BCUT2D eigenvalue weighted by Crippen LogP contribution is 2.40. The summed E-state index contributed by atoms with van der Waals surface area (Å²) in [4.78, 5) is 0. The maximum Gasteiger partial charge on any atom is 0.126 e. The van der Waals surface area contributed by atoms with Gasteiger partial charge in [0.1, 0.15) is 17.6 Å². The van der Waals surface area contributed by atoms with Gasteiger partial charge in [0.2, 0.25) is 0 Å². The third kappa shape index (κ3) is 2.88.